The third-order valence-electron chi connectivity index (χ3n) is 4.06. The highest BCUT2D eigenvalue weighted by atomic mass is 32.2. The first-order valence-corrected chi connectivity index (χ1v) is 10.7. The Bertz CT molecular complexity index is 1130. The van der Waals surface area contributed by atoms with Crippen molar-refractivity contribution in [2.24, 2.45) is 5.14 Å². The number of primary sulfonamides is 1. The Hall–Kier alpha value is -2.56. The lowest BCUT2D eigenvalue weighted by Gasteiger charge is -2.28. The first-order chi connectivity index (χ1) is 13.3. The molecule has 0 saturated heterocycles. The number of benzene rings is 3. The first kappa shape index (κ1) is 20.2. The molecule has 0 aliphatic heterocycles. The summed E-state index contributed by atoms with van der Waals surface area (Å²) in [5, 5.41) is 14.6. The van der Waals surface area contributed by atoms with Crippen LogP contribution in [0.25, 0.3) is 11.1 Å². The van der Waals surface area contributed by atoms with Crippen molar-refractivity contribution in [1.82, 2.24) is 0 Å². The second kappa shape index (κ2) is 8.21. The van der Waals surface area contributed by atoms with Crippen molar-refractivity contribution in [3.8, 4) is 11.1 Å². The van der Waals surface area contributed by atoms with Gasteiger partial charge in [0.2, 0.25) is 10.0 Å². The fraction of sp³-hybridized carbons (Fsp3) is 0.0526. The van der Waals surface area contributed by atoms with Gasteiger partial charge in [-0.15, -0.1) is 0 Å². The van der Waals surface area contributed by atoms with Gasteiger partial charge in [0, 0.05) is 0 Å². The van der Waals surface area contributed by atoms with Crippen molar-refractivity contribution in [3.63, 3.8) is 0 Å². The van der Waals surface area contributed by atoms with Gasteiger partial charge in [-0.05, 0) is 47.0 Å². The van der Waals surface area contributed by atoms with E-state index in [1.54, 1.807) is 42.5 Å². The highest BCUT2D eigenvalue weighted by molar-refractivity contribution is 7.89. The zero-order valence-corrected chi connectivity index (χ0v) is 16.2. The predicted octanol–water partition coefficient (Wildman–Crippen LogP) is 2.43. The van der Waals surface area contributed by atoms with E-state index in [0.717, 1.165) is 9.87 Å². The number of hydrogen-bond acceptors (Lipinski definition) is 5. The van der Waals surface area contributed by atoms with Crippen LogP contribution in [0.15, 0.2) is 77.7 Å². The molecule has 0 amide bonds. The van der Waals surface area contributed by atoms with Gasteiger partial charge in [0.25, 0.3) is 0 Å². The quantitative estimate of drug-likeness (QED) is 0.596. The minimum atomic E-state index is -4.13. The molecule has 7 nitrogen and oxygen atoms in total. The first-order valence-electron chi connectivity index (χ1n) is 8.13. The summed E-state index contributed by atoms with van der Waals surface area (Å²) < 4.78 is 48.6. The van der Waals surface area contributed by atoms with Crippen LogP contribution in [-0.2, 0) is 27.9 Å². The van der Waals surface area contributed by atoms with E-state index in [1.165, 1.54) is 24.3 Å². The number of aliphatic hydroxyl groups is 1. The summed E-state index contributed by atoms with van der Waals surface area (Å²) in [6.45, 7) is -0.119. The molecule has 0 aliphatic rings. The van der Waals surface area contributed by atoms with E-state index >= 15 is 0 Å². The maximum absolute atomic E-state index is 12.0. The molecular formula is C19H17N2O5S2-. The lowest BCUT2D eigenvalue weighted by atomic mass is 10.0. The number of rotatable bonds is 6. The standard InChI is InChI=1S/C19H18N2O5S2/c20-28(25,26)19-10-2-1-9-18(19)21(27(23)24)17-8-4-7-16(12-17)15-6-3-5-14(11-15)13-22/h1-12,22H,13H2,(H,23,24)(H2,20,25,26)/p-1. The average Bonchev–Trinajstić information content (AvgIpc) is 2.68. The van der Waals surface area contributed by atoms with Gasteiger partial charge in [-0.1, -0.05) is 42.5 Å². The number of aliphatic hydroxyl groups excluding tert-OH is 1. The molecule has 0 aliphatic carbocycles. The molecule has 0 bridgehead atoms. The normalized spacial score (nSPS) is 12.5. The van der Waals surface area contributed by atoms with Crippen LogP contribution in [0.1, 0.15) is 5.56 Å². The molecule has 0 heterocycles. The van der Waals surface area contributed by atoms with E-state index in [4.69, 9.17) is 5.14 Å². The lowest BCUT2D eigenvalue weighted by Crippen LogP contribution is -2.23. The summed E-state index contributed by atoms with van der Waals surface area (Å²) in [5.41, 5.74) is 2.38. The highest BCUT2D eigenvalue weighted by Gasteiger charge is 2.20. The maximum Gasteiger partial charge on any atom is 0.240 e. The van der Waals surface area contributed by atoms with Crippen molar-refractivity contribution in [1.29, 1.82) is 0 Å². The Morgan fingerprint density at radius 2 is 1.61 bits per heavy atom. The largest absolute Gasteiger partial charge is 0.755 e. The Morgan fingerprint density at radius 1 is 0.964 bits per heavy atom. The second-order valence-electron chi connectivity index (χ2n) is 5.93. The van der Waals surface area contributed by atoms with Crippen molar-refractivity contribution >= 4 is 32.7 Å². The van der Waals surface area contributed by atoms with Crippen molar-refractivity contribution in [3.05, 3.63) is 78.4 Å². The minimum Gasteiger partial charge on any atom is -0.755 e. The Kier molecular flexibility index (Phi) is 5.92. The van der Waals surface area contributed by atoms with Gasteiger partial charge in [0.1, 0.15) is 4.90 Å². The van der Waals surface area contributed by atoms with E-state index in [1.807, 2.05) is 6.07 Å². The van der Waals surface area contributed by atoms with Crippen LogP contribution in [0.2, 0.25) is 0 Å². The summed E-state index contributed by atoms with van der Waals surface area (Å²) in [6, 6.07) is 19.4. The smallest absolute Gasteiger partial charge is 0.240 e. The van der Waals surface area contributed by atoms with Crippen LogP contribution < -0.4 is 9.44 Å². The molecule has 1 unspecified atom stereocenters. The van der Waals surface area contributed by atoms with Gasteiger partial charge in [-0.3, -0.25) is 8.51 Å². The third kappa shape index (κ3) is 4.29. The number of nitrogens with zero attached hydrogens (tertiary/aromatic N) is 1. The number of para-hydroxylation sites is 1. The fourth-order valence-corrected chi connectivity index (χ4v) is 4.21. The molecule has 3 aromatic carbocycles. The van der Waals surface area contributed by atoms with Crippen LogP contribution in [0.5, 0.6) is 0 Å². The minimum absolute atomic E-state index is 0.0698. The molecule has 146 valence electrons. The second-order valence-corrected chi connectivity index (χ2v) is 8.26. The van der Waals surface area contributed by atoms with Crippen LogP contribution in [0.3, 0.4) is 0 Å². The van der Waals surface area contributed by atoms with E-state index in [2.05, 4.69) is 0 Å². The van der Waals surface area contributed by atoms with Gasteiger partial charge >= 0.3 is 0 Å². The molecule has 1 atom stereocenters. The lowest BCUT2D eigenvalue weighted by molar-refractivity contribution is 0.282. The number of sulfonamides is 1. The highest BCUT2D eigenvalue weighted by Crippen LogP contribution is 2.34. The van der Waals surface area contributed by atoms with Gasteiger partial charge in [0.15, 0.2) is 0 Å². The van der Waals surface area contributed by atoms with Gasteiger partial charge in [0.05, 0.1) is 29.2 Å². The number of anilines is 2. The summed E-state index contributed by atoms with van der Waals surface area (Å²) in [7, 11) is -4.13. The van der Waals surface area contributed by atoms with Crippen LogP contribution in [0, 0.1) is 0 Å². The summed E-state index contributed by atoms with van der Waals surface area (Å²) in [5.74, 6) is 0. The zero-order valence-electron chi connectivity index (χ0n) is 14.6. The van der Waals surface area contributed by atoms with Crippen LogP contribution >= 0.6 is 0 Å². The van der Waals surface area contributed by atoms with E-state index < -0.39 is 21.3 Å². The molecule has 0 aromatic heterocycles. The molecule has 9 heteroatoms. The Labute approximate surface area is 165 Å². The van der Waals surface area contributed by atoms with Crippen molar-refractivity contribution in [2.75, 3.05) is 4.31 Å². The van der Waals surface area contributed by atoms with Crippen LogP contribution in [-0.4, -0.2) is 22.3 Å². The van der Waals surface area contributed by atoms with Crippen LogP contribution in [0.4, 0.5) is 11.4 Å². The number of nitrogens with two attached hydrogens (primary N) is 1. The summed E-state index contributed by atoms with van der Waals surface area (Å²) >= 11 is -2.80. The van der Waals surface area contributed by atoms with Crippen molar-refractivity contribution in [2.45, 2.75) is 11.5 Å². The monoisotopic (exact) mass is 417 g/mol. The Balaban J connectivity index is 2.14. The van der Waals surface area contributed by atoms with E-state index in [-0.39, 0.29) is 22.9 Å². The maximum atomic E-state index is 12.0. The van der Waals surface area contributed by atoms with E-state index in [0.29, 0.717) is 11.1 Å². The molecule has 0 spiro atoms. The van der Waals surface area contributed by atoms with E-state index in [9.17, 15) is 22.3 Å². The SMILES string of the molecule is NS(=O)(=O)c1ccccc1N(c1cccc(-c2cccc(CO)c2)c1)S(=O)[O-]. The molecule has 3 aromatic rings. The van der Waals surface area contributed by atoms with Gasteiger partial charge < -0.3 is 9.66 Å². The number of hydrogen-bond donors (Lipinski definition) is 2. The molecular weight excluding hydrogens is 400 g/mol. The Morgan fingerprint density at radius 3 is 2.25 bits per heavy atom. The molecule has 0 saturated carbocycles. The third-order valence-corrected chi connectivity index (χ3v) is 5.73. The average molecular weight is 417 g/mol. The van der Waals surface area contributed by atoms with Gasteiger partial charge in [-0.2, -0.15) is 0 Å². The molecule has 28 heavy (non-hydrogen) atoms. The topological polar surface area (TPSA) is 124 Å². The zero-order chi connectivity index (χ0) is 20.3. The molecule has 3 N–H and O–H groups in total. The predicted molar refractivity (Wildman–Crippen MR) is 107 cm³/mol. The summed E-state index contributed by atoms with van der Waals surface area (Å²) in [6.07, 6.45) is 0. The molecule has 0 radical (unpaired) electrons. The van der Waals surface area contributed by atoms with Gasteiger partial charge in [-0.25, -0.2) is 13.6 Å². The fourth-order valence-electron chi connectivity index (χ4n) is 2.83. The molecule has 3 rings (SSSR count). The summed E-state index contributed by atoms with van der Waals surface area (Å²) in [4.78, 5) is -0.299. The molecule has 0 fully saturated rings. The van der Waals surface area contributed by atoms with Crippen molar-refractivity contribution < 1.29 is 22.3 Å².